The number of ether oxygens (including phenoxy) is 1. The largest absolute Gasteiger partial charge is 0.444 e. The fourth-order valence-electron chi connectivity index (χ4n) is 4.49. The van der Waals surface area contributed by atoms with Crippen LogP contribution in [-0.2, 0) is 22.1 Å². The molecule has 2 fully saturated rings. The monoisotopic (exact) mass is 475 g/mol. The summed E-state index contributed by atoms with van der Waals surface area (Å²) in [5.41, 5.74) is 3.32. The Morgan fingerprint density at radius 2 is 1.85 bits per heavy atom. The van der Waals surface area contributed by atoms with Gasteiger partial charge in [-0.3, -0.25) is 9.59 Å². The predicted octanol–water partition coefficient (Wildman–Crippen LogP) is 1.56. The molecule has 5 rings (SSSR count). The van der Waals surface area contributed by atoms with Crippen molar-refractivity contribution >= 4 is 23.6 Å². The summed E-state index contributed by atoms with van der Waals surface area (Å²) in [5.74, 6) is -1.62. The zero-order valence-electron chi connectivity index (χ0n) is 17.8. The number of benzene rings is 1. The van der Waals surface area contributed by atoms with Gasteiger partial charge in [0.2, 0.25) is 0 Å². The Hall–Kier alpha value is -3.70. The number of hydrogen-bond acceptors (Lipinski definition) is 7. The minimum atomic E-state index is -4.63. The maximum atomic E-state index is 13.4. The third-order valence-corrected chi connectivity index (χ3v) is 6.46. The third kappa shape index (κ3) is 3.72. The zero-order chi connectivity index (χ0) is 24.3. The van der Waals surface area contributed by atoms with E-state index < -0.39 is 35.1 Å². The van der Waals surface area contributed by atoms with Crippen LogP contribution in [-0.4, -0.2) is 64.2 Å². The van der Waals surface area contributed by atoms with Crippen molar-refractivity contribution in [2.75, 3.05) is 24.5 Å². The van der Waals surface area contributed by atoms with Gasteiger partial charge in [-0.1, -0.05) is 12.1 Å². The van der Waals surface area contributed by atoms with Gasteiger partial charge in [-0.05, 0) is 24.6 Å². The molecule has 1 saturated carbocycles. The number of rotatable bonds is 4. The van der Waals surface area contributed by atoms with Crippen LogP contribution >= 0.6 is 0 Å². The summed E-state index contributed by atoms with van der Waals surface area (Å²) in [6, 6.07) is 6.06. The van der Waals surface area contributed by atoms with Crippen molar-refractivity contribution < 1.29 is 32.3 Å². The van der Waals surface area contributed by atoms with Crippen molar-refractivity contribution in [3.63, 3.8) is 0 Å². The normalized spacial score (nSPS) is 20.4. The molecule has 34 heavy (non-hydrogen) atoms. The Balaban J connectivity index is 1.31. The molecule has 2 aliphatic heterocycles. The summed E-state index contributed by atoms with van der Waals surface area (Å²) in [6.07, 6.45) is -3.48. The molecule has 0 bridgehead atoms. The number of aromatic nitrogens is 2. The molecule has 1 aliphatic carbocycles. The maximum absolute atomic E-state index is 13.4. The second kappa shape index (κ2) is 7.67. The smallest absolute Gasteiger partial charge is 0.417 e. The Kier molecular flexibility index (Phi) is 4.99. The quantitative estimate of drug-likeness (QED) is 0.667. The minimum absolute atomic E-state index is 0.0573. The van der Waals surface area contributed by atoms with Crippen molar-refractivity contribution in [1.29, 1.82) is 0 Å². The van der Waals surface area contributed by atoms with E-state index in [4.69, 9.17) is 10.5 Å². The maximum Gasteiger partial charge on any atom is 0.417 e. The first kappa shape index (κ1) is 22.1. The molecule has 2 N–H and O–H groups in total. The van der Waals surface area contributed by atoms with Gasteiger partial charge in [0, 0.05) is 38.0 Å². The Morgan fingerprint density at radius 1 is 1.12 bits per heavy atom. The van der Waals surface area contributed by atoms with Crippen LogP contribution in [0.25, 0.3) is 0 Å². The number of carbonyl (C=O) groups excluding carboxylic acids is 3. The van der Waals surface area contributed by atoms with E-state index in [9.17, 15) is 27.6 Å². The molecule has 9 nitrogen and oxygen atoms in total. The number of alkyl halides is 3. The first-order valence-electron chi connectivity index (χ1n) is 10.7. The molecule has 2 amide bonds. The molecular weight excluding hydrogens is 455 g/mol. The number of anilines is 1. The number of nitrogens with two attached hydrogens (primary N) is 1. The van der Waals surface area contributed by atoms with E-state index in [0.717, 1.165) is 6.07 Å². The van der Waals surface area contributed by atoms with Crippen molar-refractivity contribution in [3.8, 4) is 0 Å². The lowest BCUT2D eigenvalue weighted by Gasteiger charge is -2.38. The number of esters is 1. The summed E-state index contributed by atoms with van der Waals surface area (Å²) >= 11 is 0. The second-order valence-corrected chi connectivity index (χ2v) is 8.67. The average molecular weight is 475 g/mol. The minimum Gasteiger partial charge on any atom is -0.444 e. The van der Waals surface area contributed by atoms with Gasteiger partial charge in [0.25, 0.3) is 11.8 Å². The molecule has 1 saturated heterocycles. The van der Waals surface area contributed by atoms with Crippen LogP contribution < -0.4 is 10.6 Å². The lowest BCUT2D eigenvalue weighted by Crippen LogP contribution is -2.54. The lowest BCUT2D eigenvalue weighted by molar-refractivity contribution is -0.138. The van der Waals surface area contributed by atoms with Crippen molar-refractivity contribution in [1.82, 2.24) is 15.1 Å². The Labute approximate surface area is 191 Å². The number of amides is 2. The molecule has 1 unspecified atom stereocenters. The first-order chi connectivity index (χ1) is 16.1. The fourth-order valence-corrected chi connectivity index (χ4v) is 4.49. The van der Waals surface area contributed by atoms with Gasteiger partial charge in [-0.25, -0.2) is 4.79 Å². The average Bonchev–Trinajstić information content (AvgIpc) is 3.50. The number of fused-ring (bicyclic) bond motifs is 3. The van der Waals surface area contributed by atoms with Crippen LogP contribution in [0.15, 0.2) is 30.3 Å². The van der Waals surface area contributed by atoms with Gasteiger partial charge in [0.15, 0.2) is 17.1 Å². The molecule has 178 valence electrons. The van der Waals surface area contributed by atoms with Crippen molar-refractivity contribution in [2.45, 2.75) is 37.1 Å². The van der Waals surface area contributed by atoms with E-state index in [1.54, 1.807) is 0 Å². The van der Waals surface area contributed by atoms with E-state index >= 15 is 0 Å². The van der Waals surface area contributed by atoms with Crippen molar-refractivity contribution in [2.24, 2.45) is 5.73 Å². The van der Waals surface area contributed by atoms with E-state index in [1.807, 2.05) is 4.90 Å². The molecule has 2 aromatic rings. The summed E-state index contributed by atoms with van der Waals surface area (Å²) < 4.78 is 45.3. The van der Waals surface area contributed by atoms with Crippen LogP contribution in [0.2, 0.25) is 0 Å². The Morgan fingerprint density at radius 3 is 2.53 bits per heavy atom. The first-order valence-corrected chi connectivity index (χ1v) is 10.7. The number of halogens is 3. The summed E-state index contributed by atoms with van der Waals surface area (Å²) in [5, 5.41) is 8.07. The van der Waals surface area contributed by atoms with E-state index in [0.29, 0.717) is 37.2 Å². The van der Waals surface area contributed by atoms with Gasteiger partial charge >= 0.3 is 12.1 Å². The van der Waals surface area contributed by atoms with Gasteiger partial charge < -0.3 is 20.3 Å². The highest BCUT2D eigenvalue weighted by atomic mass is 19.4. The number of nitrogens with zero attached hydrogens (tertiary/aromatic N) is 4. The standard InChI is InChI=1S/C22H20F3N5O4/c23-22(24,25)15-4-2-1-3-14(15)18(31)29-7-8-30-13(11-29)9-12-10-16(27-28-17(12)30)19(32)34-21(5-6-21)20(26)33/h1-4,10,13H,5-9,11H2,(H2,26,33). The predicted molar refractivity (Wildman–Crippen MR) is 111 cm³/mol. The highest BCUT2D eigenvalue weighted by Gasteiger charge is 2.53. The van der Waals surface area contributed by atoms with Crippen molar-refractivity contribution in [3.05, 3.63) is 52.7 Å². The number of piperazine rings is 1. The van der Waals surface area contributed by atoms with Crippen LogP contribution in [0, 0.1) is 0 Å². The van der Waals surface area contributed by atoms with Crippen LogP contribution in [0.3, 0.4) is 0 Å². The number of carbonyl (C=O) groups is 3. The van der Waals surface area contributed by atoms with Gasteiger partial charge in [-0.15, -0.1) is 10.2 Å². The lowest BCUT2D eigenvalue weighted by atomic mass is 10.0. The zero-order valence-corrected chi connectivity index (χ0v) is 17.8. The molecule has 1 aromatic carbocycles. The Bertz CT molecular complexity index is 1200. The molecule has 3 aliphatic rings. The van der Waals surface area contributed by atoms with Gasteiger partial charge in [-0.2, -0.15) is 13.2 Å². The molecule has 0 radical (unpaired) electrons. The van der Waals surface area contributed by atoms with E-state index in [2.05, 4.69) is 10.2 Å². The van der Waals surface area contributed by atoms with Crippen LogP contribution in [0.4, 0.5) is 19.0 Å². The molecule has 1 aromatic heterocycles. The van der Waals surface area contributed by atoms with E-state index in [1.165, 1.54) is 29.2 Å². The SMILES string of the molecule is NC(=O)C1(OC(=O)c2cc3c(nn2)N2CCN(C(=O)c4ccccc4C(F)(F)F)CC2C3)CC1. The fraction of sp³-hybridized carbons (Fsp3) is 0.409. The van der Waals surface area contributed by atoms with E-state index in [-0.39, 0.29) is 30.4 Å². The summed E-state index contributed by atoms with van der Waals surface area (Å²) in [4.78, 5) is 40.2. The molecule has 1 atom stereocenters. The third-order valence-electron chi connectivity index (χ3n) is 6.46. The summed E-state index contributed by atoms with van der Waals surface area (Å²) in [6.45, 7) is 0.778. The number of hydrogen-bond donors (Lipinski definition) is 1. The summed E-state index contributed by atoms with van der Waals surface area (Å²) in [7, 11) is 0. The van der Waals surface area contributed by atoms with Gasteiger partial charge in [0.1, 0.15) is 0 Å². The highest BCUT2D eigenvalue weighted by molar-refractivity contribution is 5.96. The molecule has 12 heteroatoms. The van der Waals surface area contributed by atoms with Crippen LogP contribution in [0.1, 0.15) is 44.8 Å². The molecular formula is C22H20F3N5O4. The highest BCUT2D eigenvalue weighted by Crippen LogP contribution is 2.40. The van der Waals surface area contributed by atoms with Gasteiger partial charge in [0.05, 0.1) is 17.2 Å². The van der Waals surface area contributed by atoms with Crippen LogP contribution in [0.5, 0.6) is 0 Å². The second-order valence-electron chi connectivity index (χ2n) is 8.67. The topological polar surface area (TPSA) is 119 Å². The molecule has 0 spiro atoms. The molecule has 3 heterocycles. The number of primary amides is 1.